The van der Waals surface area contributed by atoms with Gasteiger partial charge >= 0.3 is 0 Å². The molecule has 0 spiro atoms. The zero-order valence-corrected chi connectivity index (χ0v) is 15.8. The average molecular weight is 393 g/mol. The van der Waals surface area contributed by atoms with Crippen LogP contribution in [0.15, 0.2) is 42.5 Å². The summed E-state index contributed by atoms with van der Waals surface area (Å²) in [6.45, 7) is 2.72. The van der Waals surface area contributed by atoms with Gasteiger partial charge in [0, 0.05) is 42.7 Å². The van der Waals surface area contributed by atoms with Gasteiger partial charge < -0.3 is 10.2 Å². The van der Waals surface area contributed by atoms with E-state index >= 15 is 0 Å². The SMILES string of the molecule is Cl.O=C(CCCN1CC[C@H]2Nc3ccc(F)cc3[C@H]2C1)c1ccc(F)cc1. The lowest BCUT2D eigenvalue weighted by molar-refractivity contribution is 0.0971. The van der Waals surface area contributed by atoms with E-state index in [-0.39, 0.29) is 29.8 Å². The highest BCUT2D eigenvalue weighted by atomic mass is 35.5. The average Bonchev–Trinajstić information content (AvgIpc) is 2.99. The highest BCUT2D eigenvalue weighted by molar-refractivity contribution is 5.95. The number of anilines is 1. The molecule has 2 aliphatic rings. The van der Waals surface area contributed by atoms with Crippen LogP contribution in [-0.2, 0) is 0 Å². The van der Waals surface area contributed by atoms with Crippen LogP contribution in [0.4, 0.5) is 14.5 Å². The molecular formula is C21H23ClF2N2O. The molecule has 1 N–H and O–H groups in total. The monoisotopic (exact) mass is 392 g/mol. The van der Waals surface area contributed by atoms with Gasteiger partial charge in [0.15, 0.2) is 5.78 Å². The van der Waals surface area contributed by atoms with Gasteiger partial charge in [-0.1, -0.05) is 0 Å². The lowest BCUT2D eigenvalue weighted by Crippen LogP contribution is -2.42. The number of hydrogen-bond acceptors (Lipinski definition) is 3. The Bertz CT molecular complexity index is 812. The van der Waals surface area contributed by atoms with E-state index in [2.05, 4.69) is 10.2 Å². The quantitative estimate of drug-likeness (QED) is 0.753. The van der Waals surface area contributed by atoms with Gasteiger partial charge in [-0.2, -0.15) is 0 Å². The van der Waals surface area contributed by atoms with Crippen LogP contribution in [0.5, 0.6) is 0 Å². The van der Waals surface area contributed by atoms with Crippen molar-refractivity contribution in [2.75, 3.05) is 25.0 Å². The first-order valence-electron chi connectivity index (χ1n) is 9.17. The molecule has 27 heavy (non-hydrogen) atoms. The topological polar surface area (TPSA) is 32.3 Å². The molecule has 0 unspecified atom stereocenters. The first-order valence-corrected chi connectivity index (χ1v) is 9.17. The van der Waals surface area contributed by atoms with E-state index in [4.69, 9.17) is 0 Å². The summed E-state index contributed by atoms with van der Waals surface area (Å²) in [5.41, 5.74) is 2.69. The fourth-order valence-electron chi connectivity index (χ4n) is 4.13. The molecule has 0 radical (unpaired) electrons. The molecule has 2 aromatic carbocycles. The van der Waals surface area contributed by atoms with Crippen molar-refractivity contribution in [3.8, 4) is 0 Å². The minimum Gasteiger partial charge on any atom is -0.381 e. The normalized spacial score (nSPS) is 21.0. The van der Waals surface area contributed by atoms with Gasteiger partial charge in [-0.25, -0.2) is 8.78 Å². The van der Waals surface area contributed by atoms with Crippen LogP contribution >= 0.6 is 12.4 Å². The Morgan fingerprint density at radius 3 is 2.63 bits per heavy atom. The Morgan fingerprint density at radius 1 is 1.11 bits per heavy atom. The molecule has 2 atom stereocenters. The van der Waals surface area contributed by atoms with Crippen LogP contribution < -0.4 is 5.32 Å². The molecule has 6 heteroatoms. The molecule has 0 saturated carbocycles. The van der Waals surface area contributed by atoms with Crippen LogP contribution in [-0.4, -0.2) is 36.4 Å². The summed E-state index contributed by atoms with van der Waals surface area (Å²) < 4.78 is 26.5. The van der Waals surface area contributed by atoms with Crippen LogP contribution in [0, 0.1) is 11.6 Å². The molecular weight excluding hydrogens is 370 g/mol. The van der Waals surface area contributed by atoms with Crippen molar-refractivity contribution in [1.82, 2.24) is 4.90 Å². The number of benzene rings is 2. The number of carbonyl (C=O) groups is 1. The highest BCUT2D eigenvalue weighted by Crippen LogP contribution is 2.40. The molecule has 2 heterocycles. The van der Waals surface area contributed by atoms with Gasteiger partial charge in [0.25, 0.3) is 0 Å². The van der Waals surface area contributed by atoms with Crippen molar-refractivity contribution in [1.29, 1.82) is 0 Å². The molecule has 4 rings (SSSR count). The molecule has 2 aromatic rings. The minimum absolute atomic E-state index is 0. The first kappa shape index (κ1) is 19.8. The first-order chi connectivity index (χ1) is 12.6. The summed E-state index contributed by atoms with van der Waals surface area (Å²) in [6.07, 6.45) is 2.25. The van der Waals surface area contributed by atoms with E-state index in [0.717, 1.165) is 43.7 Å². The van der Waals surface area contributed by atoms with Crippen molar-refractivity contribution in [2.24, 2.45) is 0 Å². The van der Waals surface area contributed by atoms with Gasteiger partial charge in [0.05, 0.1) is 0 Å². The number of likely N-dealkylation sites (tertiary alicyclic amines) is 1. The number of nitrogens with one attached hydrogen (secondary N) is 1. The molecule has 0 bridgehead atoms. The lowest BCUT2D eigenvalue weighted by Gasteiger charge is -2.35. The predicted molar refractivity (Wildman–Crippen MR) is 105 cm³/mol. The number of rotatable bonds is 5. The summed E-state index contributed by atoms with van der Waals surface area (Å²) in [5.74, 6) is -0.156. The highest BCUT2D eigenvalue weighted by Gasteiger charge is 2.36. The summed E-state index contributed by atoms with van der Waals surface area (Å²) in [4.78, 5) is 14.6. The third-order valence-corrected chi connectivity index (χ3v) is 5.50. The van der Waals surface area contributed by atoms with Gasteiger partial charge in [0.1, 0.15) is 11.6 Å². The fraction of sp³-hybridized carbons (Fsp3) is 0.381. The van der Waals surface area contributed by atoms with E-state index in [1.807, 2.05) is 6.07 Å². The predicted octanol–water partition coefficient (Wildman–Crippen LogP) is 4.63. The number of fused-ring (bicyclic) bond motifs is 3. The van der Waals surface area contributed by atoms with Gasteiger partial charge in [-0.15, -0.1) is 12.4 Å². The Kier molecular flexibility index (Phi) is 6.12. The smallest absolute Gasteiger partial charge is 0.162 e. The Hall–Kier alpha value is -1.98. The van der Waals surface area contributed by atoms with Crippen molar-refractivity contribution in [3.05, 3.63) is 65.2 Å². The molecule has 144 valence electrons. The maximum atomic E-state index is 13.6. The number of ketones is 1. The summed E-state index contributed by atoms with van der Waals surface area (Å²) >= 11 is 0. The van der Waals surface area contributed by atoms with Crippen molar-refractivity contribution < 1.29 is 13.6 Å². The Balaban J connectivity index is 0.00000210. The van der Waals surface area contributed by atoms with E-state index in [9.17, 15) is 13.6 Å². The second-order valence-corrected chi connectivity index (χ2v) is 7.21. The second-order valence-electron chi connectivity index (χ2n) is 7.21. The number of halogens is 3. The fourth-order valence-corrected chi connectivity index (χ4v) is 4.13. The molecule has 0 amide bonds. The molecule has 3 nitrogen and oxygen atoms in total. The minimum atomic E-state index is -0.327. The van der Waals surface area contributed by atoms with E-state index in [0.29, 0.717) is 23.9 Å². The third-order valence-electron chi connectivity index (χ3n) is 5.50. The van der Waals surface area contributed by atoms with Crippen LogP contribution in [0.25, 0.3) is 0 Å². The zero-order chi connectivity index (χ0) is 18.1. The van der Waals surface area contributed by atoms with E-state index in [1.54, 1.807) is 18.2 Å². The van der Waals surface area contributed by atoms with Crippen molar-refractivity contribution in [3.63, 3.8) is 0 Å². The standard InChI is InChI=1S/C21H22F2N2O.ClH/c22-15-5-3-14(4-6-15)21(26)2-1-10-25-11-9-20-18(13-25)17-12-16(23)7-8-19(17)24-20;/h3-8,12,18,20,24H,1-2,9-11,13H2;1H/t18-,20-;/m1./s1. The molecule has 1 fully saturated rings. The van der Waals surface area contributed by atoms with Gasteiger partial charge in [-0.3, -0.25) is 4.79 Å². The number of nitrogens with zero attached hydrogens (tertiary/aromatic N) is 1. The summed E-state index contributed by atoms with van der Waals surface area (Å²) in [7, 11) is 0. The van der Waals surface area contributed by atoms with Gasteiger partial charge in [0.2, 0.25) is 0 Å². The largest absolute Gasteiger partial charge is 0.381 e. The molecule has 2 aliphatic heterocycles. The van der Waals surface area contributed by atoms with Crippen LogP contribution in [0.2, 0.25) is 0 Å². The van der Waals surface area contributed by atoms with Crippen LogP contribution in [0.3, 0.4) is 0 Å². The Morgan fingerprint density at radius 2 is 1.85 bits per heavy atom. The maximum absolute atomic E-state index is 13.6. The van der Waals surface area contributed by atoms with E-state index < -0.39 is 0 Å². The van der Waals surface area contributed by atoms with Crippen LogP contribution in [0.1, 0.15) is 41.1 Å². The summed E-state index contributed by atoms with van der Waals surface area (Å²) in [5, 5.41) is 3.51. The number of piperidine rings is 1. The lowest BCUT2D eigenvalue weighted by atomic mass is 9.89. The van der Waals surface area contributed by atoms with Crippen molar-refractivity contribution >= 4 is 23.9 Å². The molecule has 0 aliphatic carbocycles. The maximum Gasteiger partial charge on any atom is 0.162 e. The molecule has 1 saturated heterocycles. The van der Waals surface area contributed by atoms with Gasteiger partial charge in [-0.05, 0) is 67.4 Å². The third kappa shape index (κ3) is 4.30. The summed E-state index contributed by atoms with van der Waals surface area (Å²) in [6, 6.07) is 11.1. The second kappa shape index (κ2) is 8.36. The van der Waals surface area contributed by atoms with Crippen molar-refractivity contribution in [2.45, 2.75) is 31.2 Å². The Labute approximate surface area is 164 Å². The molecule has 0 aromatic heterocycles. The number of carbonyl (C=O) groups excluding carboxylic acids is 1. The zero-order valence-electron chi connectivity index (χ0n) is 15.0. The number of Topliss-reactive ketones (excluding diaryl/α,β-unsaturated/α-hetero) is 1. The van der Waals surface area contributed by atoms with E-state index in [1.165, 1.54) is 18.2 Å². The number of hydrogen-bond donors (Lipinski definition) is 1.